The number of carbonyl (C=O) groups excluding carboxylic acids is 1. The molecule has 0 bridgehead atoms. The molecule has 0 spiro atoms. The first-order chi connectivity index (χ1) is 11.9. The number of piperidine rings is 1. The van der Waals surface area contributed by atoms with E-state index in [1.807, 2.05) is 25.5 Å². The molecule has 25 heavy (non-hydrogen) atoms. The van der Waals surface area contributed by atoms with Gasteiger partial charge in [0.05, 0.1) is 12.6 Å². The minimum Gasteiger partial charge on any atom is -0.360 e. The maximum atomic E-state index is 12.6. The van der Waals surface area contributed by atoms with Crippen molar-refractivity contribution in [2.45, 2.75) is 65.6 Å². The van der Waals surface area contributed by atoms with Gasteiger partial charge in [0.1, 0.15) is 17.4 Å². The SMILES string of the molecule is Cc1nc(C)n(C[C@H]2CCCCN2[C@@H](C)C(=O)Nc2cc(C)on2)n1. The maximum Gasteiger partial charge on any atom is 0.242 e. The molecule has 0 radical (unpaired) electrons. The number of nitrogens with one attached hydrogen (secondary N) is 1. The van der Waals surface area contributed by atoms with Crippen LogP contribution in [-0.4, -0.2) is 49.4 Å². The molecule has 8 nitrogen and oxygen atoms in total. The van der Waals surface area contributed by atoms with Gasteiger partial charge in [0.15, 0.2) is 5.82 Å². The van der Waals surface area contributed by atoms with Crippen molar-refractivity contribution in [3.05, 3.63) is 23.5 Å². The molecule has 1 amide bonds. The zero-order chi connectivity index (χ0) is 18.0. The summed E-state index contributed by atoms with van der Waals surface area (Å²) in [6.45, 7) is 9.28. The molecule has 1 saturated heterocycles. The molecule has 3 heterocycles. The molecule has 0 aliphatic carbocycles. The third kappa shape index (κ3) is 4.07. The Kier molecular flexibility index (Phi) is 5.17. The largest absolute Gasteiger partial charge is 0.360 e. The van der Waals surface area contributed by atoms with Crippen molar-refractivity contribution in [3.63, 3.8) is 0 Å². The van der Waals surface area contributed by atoms with Gasteiger partial charge in [-0.1, -0.05) is 11.6 Å². The van der Waals surface area contributed by atoms with Crippen LogP contribution in [0.15, 0.2) is 10.6 Å². The minimum absolute atomic E-state index is 0.0632. The summed E-state index contributed by atoms with van der Waals surface area (Å²) in [5.74, 6) is 2.78. The van der Waals surface area contributed by atoms with Crippen LogP contribution >= 0.6 is 0 Å². The molecule has 2 aromatic rings. The highest BCUT2D eigenvalue weighted by molar-refractivity contribution is 5.93. The molecule has 8 heteroatoms. The van der Waals surface area contributed by atoms with Crippen molar-refractivity contribution in [2.75, 3.05) is 11.9 Å². The van der Waals surface area contributed by atoms with E-state index in [2.05, 4.69) is 25.5 Å². The summed E-state index contributed by atoms with van der Waals surface area (Å²) >= 11 is 0. The minimum atomic E-state index is -0.243. The van der Waals surface area contributed by atoms with Gasteiger partial charge < -0.3 is 9.84 Å². The van der Waals surface area contributed by atoms with Crippen LogP contribution in [0.25, 0.3) is 0 Å². The first-order valence-corrected chi connectivity index (χ1v) is 8.82. The van der Waals surface area contributed by atoms with Gasteiger partial charge in [0.25, 0.3) is 0 Å². The van der Waals surface area contributed by atoms with Crippen LogP contribution in [0.5, 0.6) is 0 Å². The van der Waals surface area contributed by atoms with Gasteiger partial charge in [-0.15, -0.1) is 0 Å². The zero-order valence-corrected chi connectivity index (χ0v) is 15.3. The molecule has 2 aromatic heterocycles. The Hall–Kier alpha value is -2.22. The van der Waals surface area contributed by atoms with Crippen LogP contribution in [0.2, 0.25) is 0 Å². The molecule has 1 N–H and O–H groups in total. The summed E-state index contributed by atoms with van der Waals surface area (Å²) in [4.78, 5) is 19.3. The van der Waals surface area contributed by atoms with Crippen LogP contribution in [0, 0.1) is 20.8 Å². The van der Waals surface area contributed by atoms with Crippen molar-refractivity contribution >= 4 is 11.7 Å². The molecule has 0 saturated carbocycles. The Morgan fingerprint density at radius 1 is 1.40 bits per heavy atom. The Morgan fingerprint density at radius 2 is 2.20 bits per heavy atom. The van der Waals surface area contributed by atoms with Crippen molar-refractivity contribution in [3.8, 4) is 0 Å². The first kappa shape index (κ1) is 17.6. The number of aromatic nitrogens is 4. The highest BCUT2D eigenvalue weighted by Crippen LogP contribution is 2.22. The summed E-state index contributed by atoms with van der Waals surface area (Å²) in [6, 6.07) is 1.75. The number of hydrogen-bond acceptors (Lipinski definition) is 6. The number of likely N-dealkylation sites (tertiary alicyclic amines) is 1. The van der Waals surface area contributed by atoms with Crippen LogP contribution < -0.4 is 5.32 Å². The van der Waals surface area contributed by atoms with Gasteiger partial charge in [-0.05, 0) is 47.1 Å². The molecule has 1 fully saturated rings. The van der Waals surface area contributed by atoms with Crippen LogP contribution in [-0.2, 0) is 11.3 Å². The molecule has 0 aromatic carbocycles. The van der Waals surface area contributed by atoms with Crippen LogP contribution in [0.3, 0.4) is 0 Å². The van der Waals surface area contributed by atoms with Crippen molar-refractivity contribution in [2.24, 2.45) is 0 Å². The summed E-state index contributed by atoms with van der Waals surface area (Å²) in [6.07, 6.45) is 3.33. The fraction of sp³-hybridized carbons (Fsp3) is 0.647. The lowest BCUT2D eigenvalue weighted by molar-refractivity contribution is -0.122. The van der Waals surface area contributed by atoms with E-state index in [0.29, 0.717) is 11.6 Å². The van der Waals surface area contributed by atoms with Crippen molar-refractivity contribution in [1.29, 1.82) is 0 Å². The lowest BCUT2D eigenvalue weighted by Gasteiger charge is -2.39. The molecule has 136 valence electrons. The van der Waals surface area contributed by atoms with E-state index in [0.717, 1.165) is 37.6 Å². The lowest BCUT2D eigenvalue weighted by atomic mass is 9.99. The van der Waals surface area contributed by atoms with E-state index < -0.39 is 0 Å². The predicted molar refractivity (Wildman–Crippen MR) is 93.2 cm³/mol. The van der Waals surface area contributed by atoms with E-state index in [1.54, 1.807) is 13.0 Å². The zero-order valence-electron chi connectivity index (χ0n) is 15.3. The fourth-order valence-corrected chi connectivity index (χ4v) is 3.47. The first-order valence-electron chi connectivity index (χ1n) is 8.82. The third-order valence-electron chi connectivity index (χ3n) is 4.78. The van der Waals surface area contributed by atoms with Crippen LogP contribution in [0.4, 0.5) is 5.82 Å². The van der Waals surface area contributed by atoms with Crippen molar-refractivity contribution in [1.82, 2.24) is 24.8 Å². The molecular weight excluding hydrogens is 320 g/mol. The summed E-state index contributed by atoms with van der Waals surface area (Å²) in [5, 5.41) is 11.1. The standard InChI is InChI=1S/C17H26N6O2/c1-11-9-16(21-25-11)19-17(24)12(2)22-8-6-5-7-15(22)10-23-14(4)18-13(3)20-23/h9,12,15H,5-8,10H2,1-4H3,(H,19,21,24)/t12-,15+/m0/s1. The van der Waals surface area contributed by atoms with Gasteiger partial charge in [0, 0.05) is 12.1 Å². The quantitative estimate of drug-likeness (QED) is 0.891. The normalized spacial score (nSPS) is 19.8. The number of nitrogens with zero attached hydrogens (tertiary/aromatic N) is 5. The number of carbonyl (C=O) groups is 1. The predicted octanol–water partition coefficient (Wildman–Crippen LogP) is 2.07. The molecule has 2 atom stereocenters. The van der Waals surface area contributed by atoms with E-state index in [9.17, 15) is 4.79 Å². The fourth-order valence-electron chi connectivity index (χ4n) is 3.47. The number of hydrogen-bond donors (Lipinski definition) is 1. The van der Waals surface area contributed by atoms with Gasteiger partial charge in [-0.3, -0.25) is 9.69 Å². The molecule has 3 rings (SSSR count). The second kappa shape index (κ2) is 7.35. The molecular formula is C17H26N6O2. The Bertz CT molecular complexity index is 737. The number of rotatable bonds is 5. The second-order valence-corrected chi connectivity index (χ2v) is 6.76. The van der Waals surface area contributed by atoms with E-state index in [-0.39, 0.29) is 18.0 Å². The summed E-state index contributed by atoms with van der Waals surface area (Å²) < 4.78 is 6.96. The monoisotopic (exact) mass is 346 g/mol. The topological polar surface area (TPSA) is 89.1 Å². The van der Waals surface area contributed by atoms with Gasteiger partial charge in [-0.2, -0.15) is 5.10 Å². The van der Waals surface area contributed by atoms with Crippen molar-refractivity contribution < 1.29 is 9.32 Å². The Labute approximate surface area is 147 Å². The van der Waals surface area contributed by atoms with Gasteiger partial charge in [-0.25, -0.2) is 9.67 Å². The van der Waals surface area contributed by atoms with Gasteiger partial charge >= 0.3 is 0 Å². The van der Waals surface area contributed by atoms with Crippen LogP contribution in [0.1, 0.15) is 43.6 Å². The van der Waals surface area contributed by atoms with E-state index >= 15 is 0 Å². The summed E-state index contributed by atoms with van der Waals surface area (Å²) in [5.41, 5.74) is 0. The van der Waals surface area contributed by atoms with Gasteiger partial charge in [0.2, 0.25) is 5.91 Å². The highest BCUT2D eigenvalue weighted by Gasteiger charge is 2.31. The maximum absolute atomic E-state index is 12.6. The second-order valence-electron chi connectivity index (χ2n) is 6.76. The Balaban J connectivity index is 1.68. The van der Waals surface area contributed by atoms with E-state index in [4.69, 9.17) is 4.52 Å². The lowest BCUT2D eigenvalue weighted by Crippen LogP contribution is -2.51. The average Bonchev–Trinajstić information content (AvgIpc) is 3.12. The number of anilines is 1. The molecule has 1 aliphatic heterocycles. The smallest absolute Gasteiger partial charge is 0.242 e. The molecule has 1 aliphatic rings. The summed E-state index contributed by atoms with van der Waals surface area (Å²) in [7, 11) is 0. The highest BCUT2D eigenvalue weighted by atomic mass is 16.5. The average molecular weight is 346 g/mol. The molecule has 0 unspecified atom stereocenters. The van der Waals surface area contributed by atoms with E-state index in [1.165, 1.54) is 6.42 Å². The number of aryl methyl sites for hydroxylation is 3. The third-order valence-corrected chi connectivity index (χ3v) is 4.78. The number of amides is 1. The Morgan fingerprint density at radius 3 is 2.84 bits per heavy atom.